The van der Waals surface area contributed by atoms with Gasteiger partial charge in [0.1, 0.15) is 18.2 Å². The maximum Gasteiger partial charge on any atom is 0.266 e. The second-order valence-electron chi connectivity index (χ2n) is 6.36. The van der Waals surface area contributed by atoms with Gasteiger partial charge < -0.3 is 10.1 Å². The molecule has 1 N–H and O–H groups in total. The zero-order valence-corrected chi connectivity index (χ0v) is 21.9. The highest BCUT2D eigenvalue weighted by molar-refractivity contribution is 14.1. The first-order chi connectivity index (χ1) is 14.9. The maximum absolute atomic E-state index is 12.5. The van der Waals surface area contributed by atoms with Crippen LogP contribution in [0.2, 0.25) is 5.02 Å². The van der Waals surface area contributed by atoms with Crippen LogP contribution in [0.3, 0.4) is 0 Å². The van der Waals surface area contributed by atoms with E-state index in [1.807, 2.05) is 30.3 Å². The summed E-state index contributed by atoms with van der Waals surface area (Å²) in [6, 6.07) is 20.4. The van der Waals surface area contributed by atoms with Crippen molar-refractivity contribution in [1.82, 2.24) is 0 Å². The van der Waals surface area contributed by atoms with E-state index in [4.69, 9.17) is 16.3 Å². The van der Waals surface area contributed by atoms with Crippen LogP contribution in [0.1, 0.15) is 11.1 Å². The van der Waals surface area contributed by atoms with Crippen molar-refractivity contribution in [3.05, 3.63) is 94.9 Å². The molecule has 0 aliphatic rings. The summed E-state index contributed by atoms with van der Waals surface area (Å²) in [5.74, 6) is -0.00806. The van der Waals surface area contributed by atoms with E-state index in [1.165, 1.54) is 6.08 Å². The van der Waals surface area contributed by atoms with E-state index in [2.05, 4.69) is 59.8 Å². The summed E-state index contributed by atoms with van der Waals surface area (Å²) < 4.78 is 8.53. The van der Waals surface area contributed by atoms with Gasteiger partial charge in [0.05, 0.1) is 9.50 Å². The second-order valence-corrected chi connectivity index (χ2v) is 9.78. The normalized spacial score (nSPS) is 11.0. The van der Waals surface area contributed by atoms with Crippen LogP contribution in [-0.2, 0) is 11.4 Å². The summed E-state index contributed by atoms with van der Waals surface area (Å²) in [4.78, 5) is 12.5. The highest BCUT2D eigenvalue weighted by Crippen LogP contribution is 2.35. The predicted octanol–water partition coefficient (Wildman–Crippen LogP) is 7.59. The number of carbonyl (C=O) groups is 1. The van der Waals surface area contributed by atoms with Crippen LogP contribution in [0.5, 0.6) is 5.75 Å². The van der Waals surface area contributed by atoms with Gasteiger partial charge in [-0.2, -0.15) is 5.26 Å². The Bertz CT molecular complexity index is 1150. The predicted molar refractivity (Wildman–Crippen MR) is 139 cm³/mol. The number of amides is 1. The molecule has 0 spiro atoms. The fourth-order valence-electron chi connectivity index (χ4n) is 2.58. The molecule has 0 saturated heterocycles. The molecule has 31 heavy (non-hydrogen) atoms. The zero-order valence-electron chi connectivity index (χ0n) is 15.8. The van der Waals surface area contributed by atoms with Crippen molar-refractivity contribution in [2.75, 3.05) is 5.32 Å². The Kier molecular flexibility index (Phi) is 8.55. The lowest BCUT2D eigenvalue weighted by atomic mass is 10.1. The standard InChI is InChI=1S/C23H14Br2ClIN2O2/c24-17-3-7-19(8-4-17)29-23(30)16(12-28)9-15-10-20(25)22(21(26)11-15)31-13-14-1-5-18(27)6-2-14/h1-11H,13H2,(H,29,30)/b16-9-. The van der Waals surface area contributed by atoms with Crippen molar-refractivity contribution >= 4 is 83.7 Å². The van der Waals surface area contributed by atoms with Gasteiger partial charge in [-0.15, -0.1) is 0 Å². The third-order valence-electron chi connectivity index (χ3n) is 4.10. The minimum atomic E-state index is -0.504. The van der Waals surface area contributed by atoms with E-state index in [1.54, 1.807) is 36.4 Å². The SMILES string of the molecule is N#C/C(=C/c1cc(Cl)c(OCc2ccc(I)cc2)c(Br)c1)C(=O)Nc1ccc(Br)cc1. The molecule has 3 aromatic carbocycles. The molecule has 0 unspecified atom stereocenters. The highest BCUT2D eigenvalue weighted by Gasteiger charge is 2.13. The lowest BCUT2D eigenvalue weighted by Crippen LogP contribution is -2.13. The Balaban J connectivity index is 1.76. The third kappa shape index (κ3) is 6.81. The largest absolute Gasteiger partial charge is 0.486 e. The van der Waals surface area contributed by atoms with Crippen LogP contribution in [0, 0.1) is 14.9 Å². The zero-order chi connectivity index (χ0) is 22.4. The Morgan fingerprint density at radius 2 is 1.81 bits per heavy atom. The number of hydrogen-bond acceptors (Lipinski definition) is 3. The van der Waals surface area contributed by atoms with Crippen molar-refractivity contribution in [3.63, 3.8) is 0 Å². The molecule has 4 nitrogen and oxygen atoms in total. The minimum absolute atomic E-state index is 0.0431. The molecule has 156 valence electrons. The first kappa shape index (κ1) is 23.8. The fourth-order valence-corrected chi connectivity index (χ4v) is 4.20. The molecular weight excluding hydrogens is 658 g/mol. The molecule has 1 amide bonds. The minimum Gasteiger partial charge on any atom is -0.486 e. The van der Waals surface area contributed by atoms with Gasteiger partial charge in [0, 0.05) is 13.7 Å². The maximum atomic E-state index is 12.5. The van der Waals surface area contributed by atoms with Gasteiger partial charge in [0.2, 0.25) is 0 Å². The molecule has 0 saturated carbocycles. The van der Waals surface area contributed by atoms with Gasteiger partial charge in [-0.05, 0) is 104 Å². The first-order valence-corrected chi connectivity index (χ1v) is 11.9. The number of halogens is 4. The number of ether oxygens (including phenoxy) is 1. The van der Waals surface area contributed by atoms with E-state index in [0.717, 1.165) is 13.6 Å². The number of nitrogens with zero attached hydrogens (tertiary/aromatic N) is 1. The molecule has 0 radical (unpaired) electrons. The lowest BCUT2D eigenvalue weighted by molar-refractivity contribution is -0.112. The Labute approximate surface area is 215 Å². The molecule has 0 aliphatic heterocycles. The van der Waals surface area contributed by atoms with Crippen LogP contribution < -0.4 is 10.1 Å². The number of hydrogen-bond donors (Lipinski definition) is 1. The van der Waals surface area contributed by atoms with E-state index < -0.39 is 5.91 Å². The number of nitrogens with one attached hydrogen (secondary N) is 1. The van der Waals surface area contributed by atoms with Crippen molar-refractivity contribution < 1.29 is 9.53 Å². The summed E-state index contributed by atoms with van der Waals surface area (Å²) >= 11 is 15.5. The molecular formula is C23H14Br2ClIN2O2. The van der Waals surface area contributed by atoms with E-state index in [-0.39, 0.29) is 5.57 Å². The van der Waals surface area contributed by atoms with Crippen LogP contribution in [0.15, 0.2) is 75.2 Å². The molecule has 0 aromatic heterocycles. The third-order valence-corrected chi connectivity index (χ3v) is 6.21. The van der Waals surface area contributed by atoms with Crippen LogP contribution >= 0.6 is 66.1 Å². The molecule has 0 fully saturated rings. The quantitative estimate of drug-likeness (QED) is 0.167. The lowest BCUT2D eigenvalue weighted by Gasteiger charge is -2.11. The number of carbonyl (C=O) groups excluding carboxylic acids is 1. The van der Waals surface area contributed by atoms with Crippen molar-refractivity contribution in [1.29, 1.82) is 5.26 Å². The monoisotopic (exact) mass is 670 g/mol. The molecule has 8 heteroatoms. The molecule has 3 rings (SSSR count). The summed E-state index contributed by atoms with van der Waals surface area (Å²) in [6.07, 6.45) is 1.48. The van der Waals surface area contributed by atoms with Gasteiger partial charge >= 0.3 is 0 Å². The molecule has 0 aliphatic carbocycles. The first-order valence-electron chi connectivity index (χ1n) is 8.90. The fraction of sp³-hybridized carbons (Fsp3) is 0.0435. The van der Waals surface area contributed by atoms with Crippen LogP contribution in [0.25, 0.3) is 6.08 Å². The second kappa shape index (κ2) is 11.1. The average molecular weight is 673 g/mol. The van der Waals surface area contributed by atoms with E-state index >= 15 is 0 Å². The van der Waals surface area contributed by atoms with Crippen LogP contribution in [0.4, 0.5) is 5.69 Å². The van der Waals surface area contributed by atoms with E-state index in [9.17, 15) is 10.1 Å². The van der Waals surface area contributed by atoms with Crippen molar-refractivity contribution in [3.8, 4) is 11.8 Å². The van der Waals surface area contributed by atoms with Crippen molar-refractivity contribution in [2.45, 2.75) is 6.61 Å². The van der Waals surface area contributed by atoms with Gasteiger partial charge in [0.25, 0.3) is 5.91 Å². The molecule has 0 bridgehead atoms. The summed E-state index contributed by atoms with van der Waals surface area (Å²) in [7, 11) is 0. The van der Waals surface area contributed by atoms with Crippen LogP contribution in [-0.4, -0.2) is 5.91 Å². The number of anilines is 1. The molecule has 0 atom stereocenters. The topological polar surface area (TPSA) is 62.1 Å². The number of nitriles is 1. The smallest absolute Gasteiger partial charge is 0.266 e. The Morgan fingerprint density at radius 1 is 1.13 bits per heavy atom. The summed E-state index contributed by atoms with van der Waals surface area (Å²) in [6.45, 7) is 0.365. The van der Waals surface area contributed by atoms with Crippen molar-refractivity contribution in [2.24, 2.45) is 0 Å². The van der Waals surface area contributed by atoms with Gasteiger partial charge in [-0.3, -0.25) is 4.79 Å². The van der Waals surface area contributed by atoms with Gasteiger partial charge in [0.15, 0.2) is 5.75 Å². The van der Waals surface area contributed by atoms with Gasteiger partial charge in [-0.25, -0.2) is 0 Å². The summed E-state index contributed by atoms with van der Waals surface area (Å²) in [5.41, 5.74) is 2.16. The Morgan fingerprint density at radius 3 is 2.42 bits per heavy atom. The van der Waals surface area contributed by atoms with Gasteiger partial charge in [-0.1, -0.05) is 39.7 Å². The molecule has 0 heterocycles. The average Bonchev–Trinajstić information content (AvgIpc) is 2.74. The number of benzene rings is 3. The van der Waals surface area contributed by atoms with E-state index in [0.29, 0.717) is 33.1 Å². The summed E-state index contributed by atoms with van der Waals surface area (Å²) in [5, 5.41) is 12.5. The molecule has 3 aromatic rings. The Hall–Kier alpha value is -1.86. The highest BCUT2D eigenvalue weighted by atomic mass is 127. The number of rotatable bonds is 6.